The molecule has 0 aromatic heterocycles. The second kappa shape index (κ2) is 6.63. The van der Waals surface area contributed by atoms with Gasteiger partial charge in [0.15, 0.2) is 0 Å². The van der Waals surface area contributed by atoms with Crippen LogP contribution in [0, 0.1) is 5.92 Å². The number of carbonyl (C=O) groups excluding carboxylic acids is 2. The maximum atomic E-state index is 11.8. The number of nitrogens with one attached hydrogen (secondary N) is 1. The summed E-state index contributed by atoms with van der Waals surface area (Å²) in [6, 6.07) is 0.237. The van der Waals surface area contributed by atoms with Gasteiger partial charge in [-0.15, -0.1) is 0 Å². The molecule has 4 heteroatoms. The summed E-state index contributed by atoms with van der Waals surface area (Å²) in [6.45, 7) is 7.10. The first-order valence-electron chi connectivity index (χ1n) is 8.25. The summed E-state index contributed by atoms with van der Waals surface area (Å²) in [5.41, 5.74) is 0.0845. The summed E-state index contributed by atoms with van der Waals surface area (Å²) in [4.78, 5) is 25.5. The van der Waals surface area contributed by atoms with E-state index in [2.05, 4.69) is 25.2 Å². The first kappa shape index (κ1) is 16.1. The lowest BCUT2D eigenvalue weighted by Gasteiger charge is -2.24. The summed E-state index contributed by atoms with van der Waals surface area (Å²) in [7, 11) is 0. The Hall–Kier alpha value is -1.32. The van der Waals surface area contributed by atoms with Crippen molar-refractivity contribution in [3.8, 4) is 0 Å². The van der Waals surface area contributed by atoms with Gasteiger partial charge >= 0.3 is 0 Å². The number of hydrogen-bond donors (Lipinski definition) is 1. The Morgan fingerprint density at radius 3 is 2.62 bits per heavy atom. The maximum Gasteiger partial charge on any atom is 0.247 e. The molecule has 0 aromatic rings. The predicted octanol–water partition coefficient (Wildman–Crippen LogP) is 2.64. The molecule has 1 saturated carbocycles. The van der Waals surface area contributed by atoms with E-state index in [0.29, 0.717) is 12.3 Å². The van der Waals surface area contributed by atoms with Crippen LogP contribution in [0.25, 0.3) is 0 Å². The molecule has 1 spiro atoms. The normalized spacial score (nSPS) is 20.4. The Labute approximate surface area is 128 Å². The average molecular weight is 292 g/mol. The molecule has 2 aliphatic rings. The van der Waals surface area contributed by atoms with Gasteiger partial charge in [0.1, 0.15) is 0 Å². The molecule has 0 aromatic carbocycles. The van der Waals surface area contributed by atoms with Crippen LogP contribution in [0.5, 0.6) is 0 Å². The number of rotatable bonds is 8. The molecule has 4 nitrogen and oxygen atoms in total. The smallest absolute Gasteiger partial charge is 0.247 e. The second-order valence-electron chi connectivity index (χ2n) is 6.84. The molecule has 0 bridgehead atoms. The Morgan fingerprint density at radius 1 is 1.29 bits per heavy atom. The summed E-state index contributed by atoms with van der Waals surface area (Å²) < 4.78 is 0. The van der Waals surface area contributed by atoms with Gasteiger partial charge in [-0.25, -0.2) is 0 Å². The lowest BCUT2D eigenvalue weighted by Crippen LogP contribution is -2.36. The molecule has 1 heterocycles. The minimum atomic E-state index is 0.0845. The van der Waals surface area contributed by atoms with Crippen LogP contribution in [-0.2, 0) is 9.59 Å². The molecule has 0 radical (unpaired) electrons. The van der Waals surface area contributed by atoms with Gasteiger partial charge in [0.05, 0.1) is 5.54 Å². The van der Waals surface area contributed by atoms with Gasteiger partial charge < -0.3 is 10.2 Å². The average Bonchev–Trinajstić information content (AvgIpc) is 3.14. The van der Waals surface area contributed by atoms with Gasteiger partial charge in [-0.2, -0.15) is 0 Å². The Balaban J connectivity index is 1.56. The van der Waals surface area contributed by atoms with E-state index in [1.165, 1.54) is 0 Å². The van der Waals surface area contributed by atoms with Crippen molar-refractivity contribution in [3.63, 3.8) is 0 Å². The highest BCUT2D eigenvalue weighted by Gasteiger charge is 2.50. The fourth-order valence-corrected chi connectivity index (χ4v) is 2.75. The second-order valence-corrected chi connectivity index (χ2v) is 6.84. The highest BCUT2D eigenvalue weighted by Crippen LogP contribution is 2.46. The van der Waals surface area contributed by atoms with Crippen LogP contribution in [0.2, 0.25) is 0 Å². The van der Waals surface area contributed by atoms with Crippen LogP contribution < -0.4 is 5.32 Å². The fraction of sp³-hybridized carbons (Fsp3) is 0.765. The standard InChI is InChI=1S/C17H28N2O2/c1-13(2)14(3)18-15(20)7-5-4-6-12-19-16(21)8-9-17(19)10-11-17/h8-9,13-14H,4-7,10-12H2,1-3H3,(H,18,20). The zero-order chi connectivity index (χ0) is 15.5. The lowest BCUT2D eigenvalue weighted by molar-refractivity contribution is -0.127. The minimum Gasteiger partial charge on any atom is -0.353 e. The van der Waals surface area contributed by atoms with Crippen LogP contribution in [0.1, 0.15) is 59.3 Å². The van der Waals surface area contributed by atoms with Crippen molar-refractivity contribution in [2.24, 2.45) is 5.92 Å². The zero-order valence-electron chi connectivity index (χ0n) is 13.5. The molecule has 1 N–H and O–H groups in total. The summed E-state index contributed by atoms with van der Waals surface area (Å²) >= 11 is 0. The van der Waals surface area contributed by atoms with E-state index in [4.69, 9.17) is 0 Å². The molecule has 1 atom stereocenters. The van der Waals surface area contributed by atoms with Crippen molar-refractivity contribution in [3.05, 3.63) is 12.2 Å². The van der Waals surface area contributed by atoms with Gasteiger partial charge in [-0.3, -0.25) is 9.59 Å². The molecule has 1 unspecified atom stereocenters. The summed E-state index contributed by atoms with van der Waals surface area (Å²) in [6.07, 6.45) is 9.50. The molecule has 118 valence electrons. The third kappa shape index (κ3) is 4.08. The van der Waals surface area contributed by atoms with Gasteiger partial charge in [-0.05, 0) is 38.5 Å². The minimum absolute atomic E-state index is 0.0845. The van der Waals surface area contributed by atoms with E-state index in [-0.39, 0.29) is 23.4 Å². The van der Waals surface area contributed by atoms with Gasteiger partial charge in [0.25, 0.3) is 0 Å². The monoisotopic (exact) mass is 292 g/mol. The molecular weight excluding hydrogens is 264 g/mol. The Morgan fingerprint density at radius 2 is 2.00 bits per heavy atom. The van der Waals surface area contributed by atoms with Crippen molar-refractivity contribution in [1.29, 1.82) is 0 Å². The van der Waals surface area contributed by atoms with Crippen LogP contribution >= 0.6 is 0 Å². The molecule has 0 saturated heterocycles. The highest BCUT2D eigenvalue weighted by atomic mass is 16.2. The van der Waals surface area contributed by atoms with Gasteiger partial charge in [-0.1, -0.05) is 26.3 Å². The van der Waals surface area contributed by atoms with E-state index < -0.39 is 0 Å². The zero-order valence-corrected chi connectivity index (χ0v) is 13.5. The topological polar surface area (TPSA) is 49.4 Å². The van der Waals surface area contributed by atoms with Crippen LogP contribution in [0.15, 0.2) is 12.2 Å². The third-order valence-electron chi connectivity index (χ3n) is 4.78. The third-order valence-corrected chi connectivity index (χ3v) is 4.78. The number of carbonyl (C=O) groups is 2. The van der Waals surface area contributed by atoms with Crippen LogP contribution in [0.3, 0.4) is 0 Å². The molecule has 2 rings (SSSR count). The predicted molar refractivity (Wildman–Crippen MR) is 83.7 cm³/mol. The molecule has 2 amide bonds. The molecule has 1 aliphatic heterocycles. The molecule has 21 heavy (non-hydrogen) atoms. The Bertz CT molecular complexity index is 425. The molecule has 1 aliphatic carbocycles. The van der Waals surface area contributed by atoms with Crippen molar-refractivity contribution in [2.45, 2.75) is 70.9 Å². The van der Waals surface area contributed by atoms with E-state index in [1.807, 2.05) is 11.8 Å². The number of amides is 2. The molecular formula is C17H28N2O2. The maximum absolute atomic E-state index is 11.8. The van der Waals surface area contributed by atoms with Crippen molar-refractivity contribution in [1.82, 2.24) is 10.2 Å². The van der Waals surface area contributed by atoms with E-state index in [1.54, 1.807) is 6.08 Å². The first-order chi connectivity index (χ1) is 9.94. The van der Waals surface area contributed by atoms with Crippen molar-refractivity contribution >= 4 is 11.8 Å². The Kier molecular flexibility index (Phi) is 5.07. The summed E-state index contributed by atoms with van der Waals surface area (Å²) in [5.74, 6) is 0.780. The van der Waals surface area contributed by atoms with Gasteiger partial charge in [0, 0.05) is 25.1 Å². The van der Waals surface area contributed by atoms with Crippen molar-refractivity contribution < 1.29 is 9.59 Å². The number of unbranched alkanes of at least 4 members (excludes halogenated alkanes) is 2. The van der Waals surface area contributed by atoms with Crippen LogP contribution in [-0.4, -0.2) is 34.8 Å². The van der Waals surface area contributed by atoms with Crippen molar-refractivity contribution in [2.75, 3.05) is 6.54 Å². The van der Waals surface area contributed by atoms with E-state index >= 15 is 0 Å². The van der Waals surface area contributed by atoms with Crippen LogP contribution in [0.4, 0.5) is 0 Å². The fourth-order valence-electron chi connectivity index (χ4n) is 2.75. The largest absolute Gasteiger partial charge is 0.353 e. The van der Waals surface area contributed by atoms with E-state index in [9.17, 15) is 9.59 Å². The molecule has 1 fully saturated rings. The quantitative estimate of drug-likeness (QED) is 0.699. The number of hydrogen-bond acceptors (Lipinski definition) is 2. The highest BCUT2D eigenvalue weighted by molar-refractivity contribution is 5.92. The number of nitrogens with zero attached hydrogens (tertiary/aromatic N) is 1. The van der Waals surface area contributed by atoms with Gasteiger partial charge in [0.2, 0.25) is 11.8 Å². The lowest BCUT2D eigenvalue weighted by atomic mass is 10.1. The van der Waals surface area contributed by atoms with E-state index in [0.717, 1.165) is 38.6 Å². The SMILES string of the molecule is CC(C)C(C)NC(=O)CCCCCN1C(=O)C=CC12CC2. The first-order valence-corrected chi connectivity index (χ1v) is 8.25. The summed E-state index contributed by atoms with van der Waals surface area (Å²) in [5, 5.41) is 3.03.